The Bertz CT molecular complexity index is 795. The number of halogens is 2. The topological polar surface area (TPSA) is 53.5 Å². The number of carbonyl (C=O) groups is 2. The molecule has 1 fully saturated rings. The zero-order valence-corrected chi connectivity index (χ0v) is 15.1. The molecule has 1 aromatic carbocycles. The van der Waals surface area contributed by atoms with Gasteiger partial charge in [-0.25, -0.2) is 4.39 Å². The van der Waals surface area contributed by atoms with Crippen molar-refractivity contribution in [3.63, 3.8) is 0 Å². The van der Waals surface area contributed by atoms with Gasteiger partial charge in [0.25, 0.3) is 0 Å². The third-order valence-electron chi connectivity index (χ3n) is 4.48. The normalized spacial score (nSPS) is 16.8. The Morgan fingerprint density at radius 2 is 2.15 bits per heavy atom. The molecule has 2 heterocycles. The van der Waals surface area contributed by atoms with Gasteiger partial charge < -0.3 is 9.80 Å². The van der Waals surface area contributed by atoms with Gasteiger partial charge in [0.2, 0.25) is 11.8 Å². The Morgan fingerprint density at radius 3 is 2.85 bits per heavy atom. The van der Waals surface area contributed by atoms with Gasteiger partial charge in [0.05, 0.1) is 18.2 Å². The molecule has 0 aliphatic carbocycles. The van der Waals surface area contributed by atoms with E-state index < -0.39 is 11.7 Å². The fourth-order valence-electron chi connectivity index (χ4n) is 3.09. The molecule has 0 bridgehead atoms. The maximum absolute atomic E-state index is 13.9. The number of hydrogen-bond acceptors (Lipinski definition) is 3. The summed E-state index contributed by atoms with van der Waals surface area (Å²) in [7, 11) is 1.59. The van der Waals surface area contributed by atoms with E-state index in [9.17, 15) is 14.0 Å². The minimum Gasteiger partial charge on any atom is -0.341 e. The van der Waals surface area contributed by atoms with Crippen LogP contribution in [-0.2, 0) is 22.7 Å². The molecule has 1 atom stereocenters. The van der Waals surface area contributed by atoms with Crippen LogP contribution in [-0.4, -0.2) is 40.2 Å². The van der Waals surface area contributed by atoms with Crippen molar-refractivity contribution in [2.75, 3.05) is 13.6 Å². The predicted molar refractivity (Wildman–Crippen MR) is 95.6 cm³/mol. The van der Waals surface area contributed by atoms with Crippen LogP contribution in [0.2, 0.25) is 5.02 Å². The molecule has 2 aromatic rings. The second-order valence-electron chi connectivity index (χ2n) is 6.39. The highest BCUT2D eigenvalue weighted by Gasteiger charge is 2.36. The molecule has 1 aliphatic rings. The zero-order chi connectivity index (χ0) is 18.7. The second-order valence-corrected chi connectivity index (χ2v) is 6.80. The minimum atomic E-state index is -0.448. The first-order chi connectivity index (χ1) is 12.5. The zero-order valence-electron chi connectivity index (χ0n) is 14.4. The molecule has 0 saturated carbocycles. The summed E-state index contributed by atoms with van der Waals surface area (Å²) in [4.78, 5) is 32.2. The largest absolute Gasteiger partial charge is 0.341 e. The monoisotopic (exact) mass is 375 g/mol. The molecular weight excluding hydrogens is 357 g/mol. The lowest BCUT2D eigenvalue weighted by Crippen LogP contribution is -2.34. The summed E-state index contributed by atoms with van der Waals surface area (Å²) in [5.41, 5.74) is 1.06. The van der Waals surface area contributed by atoms with E-state index in [2.05, 4.69) is 4.98 Å². The summed E-state index contributed by atoms with van der Waals surface area (Å²) in [5.74, 6) is -1.16. The maximum atomic E-state index is 13.9. The highest BCUT2D eigenvalue weighted by atomic mass is 35.5. The Morgan fingerprint density at radius 1 is 1.35 bits per heavy atom. The quantitative estimate of drug-likeness (QED) is 0.807. The lowest BCUT2D eigenvalue weighted by atomic mass is 10.1. The number of likely N-dealkylation sites (tertiary alicyclic amines) is 1. The van der Waals surface area contributed by atoms with Gasteiger partial charge in [0.1, 0.15) is 5.82 Å². The van der Waals surface area contributed by atoms with Gasteiger partial charge in [-0.15, -0.1) is 0 Å². The summed E-state index contributed by atoms with van der Waals surface area (Å²) >= 11 is 6.03. The molecule has 0 spiro atoms. The molecule has 2 amide bonds. The Hall–Kier alpha value is -2.47. The van der Waals surface area contributed by atoms with Crippen molar-refractivity contribution in [2.45, 2.75) is 19.5 Å². The lowest BCUT2D eigenvalue weighted by molar-refractivity contribution is -0.135. The average molecular weight is 376 g/mol. The third-order valence-corrected chi connectivity index (χ3v) is 4.83. The number of benzene rings is 1. The van der Waals surface area contributed by atoms with Crippen LogP contribution >= 0.6 is 11.6 Å². The van der Waals surface area contributed by atoms with Crippen molar-refractivity contribution >= 4 is 23.4 Å². The van der Waals surface area contributed by atoms with Crippen molar-refractivity contribution < 1.29 is 14.0 Å². The van der Waals surface area contributed by atoms with E-state index in [0.717, 1.165) is 5.69 Å². The molecule has 0 radical (unpaired) electrons. The fourth-order valence-corrected chi connectivity index (χ4v) is 3.31. The first kappa shape index (κ1) is 18.3. The minimum absolute atomic E-state index is 0.0648. The molecule has 7 heteroatoms. The SMILES string of the molecule is CN(Cc1c(F)cccc1Cl)C(=O)[C@@H]1CC(=O)N(Cc2ccccn2)C1. The van der Waals surface area contributed by atoms with Crippen molar-refractivity contribution in [3.05, 3.63) is 64.7 Å². The number of amides is 2. The van der Waals surface area contributed by atoms with Crippen molar-refractivity contribution in [3.8, 4) is 0 Å². The van der Waals surface area contributed by atoms with Gasteiger partial charge in [0.15, 0.2) is 0 Å². The van der Waals surface area contributed by atoms with Gasteiger partial charge >= 0.3 is 0 Å². The molecule has 1 aliphatic heterocycles. The highest BCUT2D eigenvalue weighted by molar-refractivity contribution is 6.31. The Kier molecular flexibility index (Phi) is 5.52. The van der Waals surface area contributed by atoms with Gasteiger partial charge in [-0.1, -0.05) is 23.7 Å². The molecule has 1 aromatic heterocycles. The average Bonchev–Trinajstić information content (AvgIpc) is 2.99. The van der Waals surface area contributed by atoms with Crippen LogP contribution in [0.15, 0.2) is 42.6 Å². The number of nitrogens with zero attached hydrogens (tertiary/aromatic N) is 3. The van der Waals surface area contributed by atoms with E-state index in [4.69, 9.17) is 11.6 Å². The number of pyridine rings is 1. The molecule has 5 nitrogen and oxygen atoms in total. The smallest absolute Gasteiger partial charge is 0.228 e. The van der Waals surface area contributed by atoms with Gasteiger partial charge in [-0.05, 0) is 24.3 Å². The molecule has 136 valence electrons. The number of rotatable bonds is 5. The van der Waals surface area contributed by atoms with Crippen LogP contribution in [0.25, 0.3) is 0 Å². The van der Waals surface area contributed by atoms with E-state index in [1.54, 1.807) is 24.2 Å². The summed E-state index contributed by atoms with van der Waals surface area (Å²) in [5, 5.41) is 0.281. The van der Waals surface area contributed by atoms with Crippen LogP contribution in [0.3, 0.4) is 0 Å². The van der Waals surface area contributed by atoms with Crippen LogP contribution < -0.4 is 0 Å². The Labute approximate surface area is 156 Å². The van der Waals surface area contributed by atoms with E-state index in [-0.39, 0.29) is 35.4 Å². The molecule has 0 N–H and O–H groups in total. The molecular formula is C19H19ClFN3O2. The molecule has 1 saturated heterocycles. The molecule has 26 heavy (non-hydrogen) atoms. The van der Waals surface area contributed by atoms with Gasteiger partial charge in [-0.2, -0.15) is 0 Å². The fraction of sp³-hybridized carbons (Fsp3) is 0.316. The summed E-state index contributed by atoms with van der Waals surface area (Å²) in [6, 6.07) is 9.93. The molecule has 0 unspecified atom stereocenters. The van der Waals surface area contributed by atoms with Crippen LogP contribution in [0.1, 0.15) is 17.7 Å². The van der Waals surface area contributed by atoms with Gasteiger partial charge in [-0.3, -0.25) is 14.6 Å². The van der Waals surface area contributed by atoms with E-state index >= 15 is 0 Å². The second kappa shape index (κ2) is 7.83. The Balaban J connectivity index is 1.64. The summed E-state index contributed by atoms with van der Waals surface area (Å²) < 4.78 is 13.9. The number of aromatic nitrogens is 1. The lowest BCUT2D eigenvalue weighted by Gasteiger charge is -2.22. The van der Waals surface area contributed by atoms with Gasteiger partial charge in [0, 0.05) is 43.3 Å². The number of carbonyl (C=O) groups excluding carboxylic acids is 2. The predicted octanol–water partition coefficient (Wildman–Crippen LogP) is 2.88. The van der Waals surface area contributed by atoms with Crippen LogP contribution in [0, 0.1) is 11.7 Å². The standard InChI is InChI=1S/C19H19ClFN3O2/c1-23(12-15-16(20)6-4-7-17(15)21)19(26)13-9-18(25)24(10-13)11-14-5-2-3-8-22-14/h2-8,13H,9-12H2,1H3/t13-/m1/s1. The number of hydrogen-bond donors (Lipinski definition) is 0. The summed E-state index contributed by atoms with van der Waals surface area (Å²) in [6.45, 7) is 0.783. The van der Waals surface area contributed by atoms with E-state index in [1.165, 1.54) is 17.0 Å². The van der Waals surface area contributed by atoms with Crippen molar-refractivity contribution in [1.29, 1.82) is 0 Å². The molecule has 3 rings (SSSR count). The first-order valence-corrected chi connectivity index (χ1v) is 8.69. The highest BCUT2D eigenvalue weighted by Crippen LogP contribution is 2.24. The third kappa shape index (κ3) is 4.02. The van der Waals surface area contributed by atoms with Crippen LogP contribution in [0.4, 0.5) is 4.39 Å². The first-order valence-electron chi connectivity index (χ1n) is 8.31. The van der Waals surface area contributed by atoms with E-state index in [1.807, 2.05) is 18.2 Å². The van der Waals surface area contributed by atoms with Crippen molar-refractivity contribution in [1.82, 2.24) is 14.8 Å². The van der Waals surface area contributed by atoms with Crippen molar-refractivity contribution in [2.24, 2.45) is 5.92 Å². The summed E-state index contributed by atoms with van der Waals surface area (Å²) in [6.07, 6.45) is 1.82. The van der Waals surface area contributed by atoms with Crippen LogP contribution in [0.5, 0.6) is 0 Å². The van der Waals surface area contributed by atoms with E-state index in [0.29, 0.717) is 13.1 Å². The maximum Gasteiger partial charge on any atom is 0.228 e.